The van der Waals surface area contributed by atoms with Crippen molar-refractivity contribution >= 4 is 0 Å². The molecule has 0 aromatic heterocycles. The van der Waals surface area contributed by atoms with Crippen LogP contribution in [0.1, 0.15) is 20.3 Å². The molecule has 1 fully saturated rings. The van der Waals surface area contributed by atoms with Crippen molar-refractivity contribution in [3.05, 3.63) is 0 Å². The molecule has 0 radical (unpaired) electrons. The molecule has 16 heavy (non-hydrogen) atoms. The van der Waals surface area contributed by atoms with Crippen LogP contribution in [0.4, 0.5) is 0 Å². The summed E-state index contributed by atoms with van der Waals surface area (Å²) in [6, 6.07) is 0.880. The van der Waals surface area contributed by atoms with E-state index in [0.717, 1.165) is 25.7 Å². The molecular weight excluding hydrogens is 202 g/mol. The molecule has 0 spiro atoms. The van der Waals surface area contributed by atoms with Gasteiger partial charge < -0.3 is 15.4 Å². The lowest BCUT2D eigenvalue weighted by atomic mass is 10.2. The van der Waals surface area contributed by atoms with E-state index in [-0.39, 0.29) is 6.04 Å². The van der Waals surface area contributed by atoms with Crippen molar-refractivity contribution in [3.8, 4) is 0 Å². The van der Waals surface area contributed by atoms with Crippen molar-refractivity contribution in [2.75, 3.05) is 46.4 Å². The first kappa shape index (κ1) is 13.9. The summed E-state index contributed by atoms with van der Waals surface area (Å²) in [5.74, 6) is 0. The minimum atomic E-state index is 0.153. The Balaban J connectivity index is 2.29. The fourth-order valence-corrected chi connectivity index (χ4v) is 2.61. The average Bonchev–Trinajstić information content (AvgIpc) is 2.68. The topological polar surface area (TPSA) is 41.7 Å². The third-order valence-electron chi connectivity index (χ3n) is 3.45. The van der Waals surface area contributed by atoms with E-state index in [4.69, 9.17) is 10.5 Å². The van der Waals surface area contributed by atoms with Gasteiger partial charge in [-0.3, -0.25) is 4.90 Å². The number of hydrogen-bond acceptors (Lipinski definition) is 4. The predicted octanol–water partition coefficient (Wildman–Crippen LogP) is 0.376. The molecule has 1 aliphatic heterocycles. The van der Waals surface area contributed by atoms with Gasteiger partial charge in [0.1, 0.15) is 0 Å². The van der Waals surface area contributed by atoms with Crippen LogP contribution in [0.2, 0.25) is 0 Å². The van der Waals surface area contributed by atoms with Gasteiger partial charge in [0.25, 0.3) is 0 Å². The zero-order valence-electron chi connectivity index (χ0n) is 11.0. The first-order valence-corrected chi connectivity index (χ1v) is 6.42. The van der Waals surface area contributed by atoms with E-state index in [1.54, 1.807) is 7.11 Å². The summed E-state index contributed by atoms with van der Waals surface area (Å²) >= 11 is 0. The number of methoxy groups -OCH3 is 1. The molecule has 2 unspecified atom stereocenters. The van der Waals surface area contributed by atoms with Crippen LogP contribution in [0.5, 0.6) is 0 Å². The number of nitrogens with zero attached hydrogens (tertiary/aromatic N) is 2. The van der Waals surface area contributed by atoms with Gasteiger partial charge in [-0.1, -0.05) is 13.8 Å². The molecule has 1 heterocycles. The molecular formula is C12H27N3O. The molecule has 1 saturated heterocycles. The van der Waals surface area contributed by atoms with Gasteiger partial charge in [-0.25, -0.2) is 0 Å². The first-order chi connectivity index (χ1) is 7.71. The maximum atomic E-state index is 5.97. The Bertz CT molecular complexity index is 185. The van der Waals surface area contributed by atoms with Gasteiger partial charge in [-0.15, -0.1) is 0 Å². The zero-order valence-corrected chi connectivity index (χ0v) is 11.0. The first-order valence-electron chi connectivity index (χ1n) is 6.42. The zero-order chi connectivity index (χ0) is 12.0. The van der Waals surface area contributed by atoms with Crippen molar-refractivity contribution in [2.24, 2.45) is 5.73 Å². The van der Waals surface area contributed by atoms with Crippen molar-refractivity contribution in [1.82, 2.24) is 9.80 Å². The highest BCUT2D eigenvalue weighted by molar-refractivity contribution is 4.84. The Labute approximate surface area is 99.7 Å². The molecule has 2 atom stereocenters. The molecule has 0 saturated carbocycles. The number of likely N-dealkylation sites (N-methyl/N-ethyl adjacent to an activating group) is 1. The van der Waals surface area contributed by atoms with Crippen LogP contribution in [0.25, 0.3) is 0 Å². The highest BCUT2D eigenvalue weighted by Crippen LogP contribution is 2.15. The average molecular weight is 229 g/mol. The minimum absolute atomic E-state index is 0.153. The van der Waals surface area contributed by atoms with Gasteiger partial charge in [0.2, 0.25) is 0 Å². The smallest absolute Gasteiger partial charge is 0.0626 e. The molecule has 1 aliphatic rings. The Hall–Kier alpha value is -0.160. The summed E-state index contributed by atoms with van der Waals surface area (Å²) in [7, 11) is 1.71. The van der Waals surface area contributed by atoms with Crippen molar-refractivity contribution in [3.63, 3.8) is 0 Å². The van der Waals surface area contributed by atoms with E-state index >= 15 is 0 Å². The van der Waals surface area contributed by atoms with Gasteiger partial charge in [-0.2, -0.15) is 0 Å². The molecule has 0 aliphatic carbocycles. The molecule has 2 N–H and O–H groups in total. The monoisotopic (exact) mass is 229 g/mol. The van der Waals surface area contributed by atoms with Crippen LogP contribution in [0.15, 0.2) is 0 Å². The van der Waals surface area contributed by atoms with E-state index in [1.807, 2.05) is 0 Å². The highest BCUT2D eigenvalue weighted by Gasteiger charge is 2.26. The minimum Gasteiger partial charge on any atom is -0.383 e. The second-order valence-electron chi connectivity index (χ2n) is 4.64. The van der Waals surface area contributed by atoms with Crippen LogP contribution in [-0.4, -0.2) is 68.3 Å². The Morgan fingerprint density at radius 1 is 1.44 bits per heavy atom. The lowest BCUT2D eigenvalue weighted by molar-refractivity contribution is 0.155. The molecule has 96 valence electrons. The Morgan fingerprint density at radius 2 is 2.12 bits per heavy atom. The van der Waals surface area contributed by atoms with Crippen molar-refractivity contribution in [1.29, 1.82) is 0 Å². The summed E-state index contributed by atoms with van der Waals surface area (Å²) in [6.07, 6.45) is 1.28. The van der Waals surface area contributed by atoms with Crippen LogP contribution in [-0.2, 0) is 4.74 Å². The van der Waals surface area contributed by atoms with Gasteiger partial charge >= 0.3 is 0 Å². The molecule has 0 amide bonds. The fraction of sp³-hybridized carbons (Fsp3) is 1.00. The third kappa shape index (κ3) is 4.01. The predicted molar refractivity (Wildman–Crippen MR) is 67.6 cm³/mol. The number of likely N-dealkylation sites (tertiary alicyclic amines) is 1. The van der Waals surface area contributed by atoms with Crippen molar-refractivity contribution < 1.29 is 4.74 Å². The molecule has 0 bridgehead atoms. The lowest BCUT2D eigenvalue weighted by Gasteiger charge is -2.26. The van der Waals surface area contributed by atoms with E-state index in [9.17, 15) is 0 Å². The van der Waals surface area contributed by atoms with Gasteiger partial charge in [0.05, 0.1) is 6.61 Å². The molecule has 0 aromatic rings. The number of nitrogens with two attached hydrogens (primary N) is 1. The standard InChI is InChI=1S/C12H27N3O/c1-4-15(5-2)12-6-7-14(9-12)8-11(13)10-16-3/h11-12H,4-10,13H2,1-3H3. The second-order valence-corrected chi connectivity index (χ2v) is 4.64. The molecule has 4 nitrogen and oxygen atoms in total. The van der Waals surface area contributed by atoms with E-state index in [1.165, 1.54) is 19.5 Å². The molecule has 4 heteroatoms. The SMILES string of the molecule is CCN(CC)C1CCN(CC(N)COC)C1. The Morgan fingerprint density at radius 3 is 2.69 bits per heavy atom. The molecule has 1 rings (SSSR count). The number of hydrogen-bond donors (Lipinski definition) is 1. The Kier molecular flexibility index (Phi) is 6.28. The largest absolute Gasteiger partial charge is 0.383 e. The summed E-state index contributed by atoms with van der Waals surface area (Å²) in [6.45, 7) is 10.7. The lowest BCUT2D eigenvalue weighted by Crippen LogP contribution is -2.42. The number of rotatable bonds is 7. The van der Waals surface area contributed by atoms with E-state index < -0.39 is 0 Å². The van der Waals surface area contributed by atoms with Gasteiger partial charge in [0, 0.05) is 32.3 Å². The van der Waals surface area contributed by atoms with E-state index in [2.05, 4.69) is 23.6 Å². The third-order valence-corrected chi connectivity index (χ3v) is 3.45. The fourth-order valence-electron chi connectivity index (χ4n) is 2.61. The summed E-state index contributed by atoms with van der Waals surface area (Å²) in [4.78, 5) is 5.01. The quantitative estimate of drug-likeness (QED) is 0.685. The second kappa shape index (κ2) is 7.22. The van der Waals surface area contributed by atoms with E-state index in [0.29, 0.717) is 6.61 Å². The highest BCUT2D eigenvalue weighted by atomic mass is 16.5. The van der Waals surface area contributed by atoms with Crippen LogP contribution in [0, 0.1) is 0 Å². The summed E-state index contributed by atoms with van der Waals surface area (Å²) in [5.41, 5.74) is 5.97. The number of ether oxygens (including phenoxy) is 1. The maximum absolute atomic E-state index is 5.97. The maximum Gasteiger partial charge on any atom is 0.0626 e. The summed E-state index contributed by atoms with van der Waals surface area (Å²) < 4.78 is 5.07. The van der Waals surface area contributed by atoms with Gasteiger partial charge in [-0.05, 0) is 26.1 Å². The van der Waals surface area contributed by atoms with Crippen LogP contribution >= 0.6 is 0 Å². The normalized spacial score (nSPS) is 24.2. The van der Waals surface area contributed by atoms with Crippen molar-refractivity contribution in [2.45, 2.75) is 32.4 Å². The van der Waals surface area contributed by atoms with Crippen LogP contribution < -0.4 is 5.73 Å². The summed E-state index contributed by atoms with van der Waals surface area (Å²) in [5, 5.41) is 0. The molecule has 0 aromatic carbocycles. The van der Waals surface area contributed by atoms with Crippen LogP contribution in [0.3, 0.4) is 0 Å². The van der Waals surface area contributed by atoms with Gasteiger partial charge in [0.15, 0.2) is 0 Å².